The monoisotopic (exact) mass is 378 g/mol. The van der Waals surface area contributed by atoms with Crippen LogP contribution in [-0.4, -0.2) is 27.4 Å². The van der Waals surface area contributed by atoms with Crippen LogP contribution in [0.2, 0.25) is 5.02 Å². The molecule has 0 radical (unpaired) electrons. The molecule has 4 rings (SSSR count). The van der Waals surface area contributed by atoms with Crippen LogP contribution in [0.5, 0.6) is 5.75 Å². The number of methoxy groups -OCH3 is 1. The van der Waals surface area contributed by atoms with E-state index in [1.54, 1.807) is 24.4 Å². The first-order valence-corrected chi connectivity index (χ1v) is 8.57. The molecule has 6 nitrogen and oxygen atoms in total. The first-order chi connectivity index (χ1) is 13.1. The smallest absolute Gasteiger partial charge is 0.259 e. The topological polar surface area (TPSA) is 68.5 Å². The van der Waals surface area contributed by atoms with E-state index in [2.05, 4.69) is 15.3 Å². The number of nitrogens with zero attached hydrogens (tertiary/aromatic N) is 3. The molecule has 2 aromatic heterocycles. The lowest BCUT2D eigenvalue weighted by atomic mass is 10.1. The van der Waals surface area contributed by atoms with Gasteiger partial charge >= 0.3 is 0 Å². The van der Waals surface area contributed by atoms with Gasteiger partial charge in [-0.15, -0.1) is 0 Å². The highest BCUT2D eigenvalue weighted by molar-refractivity contribution is 6.31. The van der Waals surface area contributed by atoms with Gasteiger partial charge in [-0.2, -0.15) is 0 Å². The molecular formula is C20H15ClN4O2. The number of aromatic nitrogens is 3. The Kier molecular flexibility index (Phi) is 4.48. The Morgan fingerprint density at radius 1 is 1.19 bits per heavy atom. The predicted octanol–water partition coefficient (Wildman–Crippen LogP) is 4.31. The summed E-state index contributed by atoms with van der Waals surface area (Å²) in [5.74, 6) is 0.808. The van der Waals surface area contributed by atoms with Crippen molar-refractivity contribution in [1.29, 1.82) is 0 Å². The van der Waals surface area contributed by atoms with E-state index in [0.29, 0.717) is 27.8 Å². The van der Waals surface area contributed by atoms with Crippen LogP contribution < -0.4 is 10.1 Å². The minimum atomic E-state index is -0.293. The van der Waals surface area contributed by atoms with Gasteiger partial charge in [0.05, 0.1) is 18.4 Å². The fourth-order valence-corrected chi connectivity index (χ4v) is 2.92. The highest BCUT2D eigenvalue weighted by atomic mass is 35.5. The van der Waals surface area contributed by atoms with Gasteiger partial charge in [0.25, 0.3) is 5.91 Å². The van der Waals surface area contributed by atoms with Crippen molar-refractivity contribution in [1.82, 2.24) is 14.4 Å². The van der Waals surface area contributed by atoms with Crippen molar-refractivity contribution in [2.24, 2.45) is 0 Å². The Balaban J connectivity index is 1.56. The average Bonchev–Trinajstić information content (AvgIpc) is 3.12. The molecule has 134 valence electrons. The zero-order valence-corrected chi connectivity index (χ0v) is 15.1. The van der Waals surface area contributed by atoms with Gasteiger partial charge in [-0.25, -0.2) is 9.97 Å². The van der Waals surface area contributed by atoms with Crippen LogP contribution in [0.3, 0.4) is 0 Å². The van der Waals surface area contributed by atoms with Crippen LogP contribution in [-0.2, 0) is 0 Å². The molecule has 0 fully saturated rings. The van der Waals surface area contributed by atoms with Crippen LogP contribution in [0.4, 0.5) is 5.69 Å². The maximum atomic E-state index is 12.5. The number of halogens is 1. The van der Waals surface area contributed by atoms with Crippen molar-refractivity contribution in [2.45, 2.75) is 0 Å². The van der Waals surface area contributed by atoms with E-state index in [0.717, 1.165) is 11.3 Å². The second kappa shape index (κ2) is 7.09. The lowest BCUT2D eigenvalue weighted by molar-refractivity contribution is 0.102. The third-order valence-corrected chi connectivity index (χ3v) is 4.32. The van der Waals surface area contributed by atoms with E-state index in [9.17, 15) is 4.79 Å². The summed E-state index contributed by atoms with van der Waals surface area (Å²) in [6.45, 7) is 0. The number of rotatable bonds is 4. The summed E-state index contributed by atoms with van der Waals surface area (Å²) in [6, 6.07) is 14.2. The Morgan fingerprint density at radius 2 is 2.00 bits per heavy atom. The molecule has 0 saturated heterocycles. The molecule has 1 N–H and O–H groups in total. The van der Waals surface area contributed by atoms with Crippen LogP contribution in [0.1, 0.15) is 10.4 Å². The number of carbonyl (C=O) groups excluding carboxylic acids is 1. The standard InChI is InChI=1S/C20H15ClN4O2/c1-27-18-8-5-14(21)11-16(18)19(26)23-15-6-3-13(4-7-15)17-12-25-10-2-9-22-20(25)24-17/h2-12H,1H3,(H,23,26). The molecule has 0 bridgehead atoms. The van der Waals surface area contributed by atoms with Gasteiger partial charge in [0.2, 0.25) is 5.78 Å². The van der Waals surface area contributed by atoms with Gasteiger partial charge in [-0.3, -0.25) is 9.20 Å². The number of amides is 1. The number of anilines is 1. The largest absolute Gasteiger partial charge is 0.496 e. The lowest BCUT2D eigenvalue weighted by Gasteiger charge is -2.10. The second-order valence-corrected chi connectivity index (χ2v) is 6.27. The normalized spacial score (nSPS) is 10.7. The summed E-state index contributed by atoms with van der Waals surface area (Å²) in [4.78, 5) is 21.2. The van der Waals surface area contributed by atoms with Crippen LogP contribution in [0.15, 0.2) is 67.1 Å². The van der Waals surface area contributed by atoms with Crippen molar-refractivity contribution in [3.05, 3.63) is 77.7 Å². The third-order valence-electron chi connectivity index (χ3n) is 4.08. The fraction of sp³-hybridized carbons (Fsp3) is 0.0500. The van der Waals surface area contributed by atoms with Gasteiger partial charge < -0.3 is 10.1 Å². The van der Waals surface area contributed by atoms with E-state index < -0.39 is 0 Å². The number of imidazole rings is 1. The predicted molar refractivity (Wildman–Crippen MR) is 104 cm³/mol. The Labute approximate surface area is 160 Å². The summed E-state index contributed by atoms with van der Waals surface area (Å²) in [7, 11) is 1.51. The van der Waals surface area contributed by atoms with Crippen molar-refractivity contribution in [3.63, 3.8) is 0 Å². The number of hydrogen-bond acceptors (Lipinski definition) is 4. The Hall–Kier alpha value is -3.38. The summed E-state index contributed by atoms with van der Waals surface area (Å²) in [6.07, 6.45) is 5.51. The maximum Gasteiger partial charge on any atom is 0.259 e. The van der Waals surface area contributed by atoms with Crippen LogP contribution in [0, 0.1) is 0 Å². The van der Waals surface area contributed by atoms with E-state index in [1.807, 2.05) is 47.1 Å². The summed E-state index contributed by atoms with van der Waals surface area (Å²) in [5.41, 5.74) is 2.77. The molecule has 7 heteroatoms. The first-order valence-electron chi connectivity index (χ1n) is 8.19. The quantitative estimate of drug-likeness (QED) is 0.574. The van der Waals surface area contributed by atoms with Crippen LogP contribution in [0.25, 0.3) is 17.0 Å². The highest BCUT2D eigenvalue weighted by Crippen LogP contribution is 2.25. The second-order valence-electron chi connectivity index (χ2n) is 5.83. The zero-order valence-electron chi connectivity index (χ0n) is 14.4. The molecule has 1 amide bonds. The SMILES string of the molecule is COc1ccc(Cl)cc1C(=O)Nc1ccc(-c2cn3cccnc3n2)cc1. The Bertz CT molecular complexity index is 1090. The molecule has 0 unspecified atom stereocenters. The Morgan fingerprint density at radius 3 is 2.74 bits per heavy atom. The van der Waals surface area contributed by atoms with Gasteiger partial charge in [0.15, 0.2) is 0 Å². The van der Waals surface area contributed by atoms with Crippen molar-refractivity contribution >= 4 is 29.0 Å². The number of benzene rings is 2. The van der Waals surface area contributed by atoms with Gasteiger partial charge in [-0.1, -0.05) is 23.7 Å². The fourth-order valence-electron chi connectivity index (χ4n) is 2.75. The number of ether oxygens (including phenoxy) is 1. The third kappa shape index (κ3) is 3.47. The van der Waals surface area contributed by atoms with Crippen LogP contribution >= 0.6 is 11.6 Å². The van der Waals surface area contributed by atoms with E-state index >= 15 is 0 Å². The minimum Gasteiger partial charge on any atom is -0.496 e. The molecule has 2 aromatic carbocycles. The average molecular weight is 379 g/mol. The van der Waals surface area contributed by atoms with Gasteiger partial charge in [-0.05, 0) is 36.4 Å². The molecule has 0 atom stereocenters. The summed E-state index contributed by atoms with van der Waals surface area (Å²) in [5, 5.41) is 3.32. The zero-order chi connectivity index (χ0) is 18.8. The molecule has 0 aliphatic carbocycles. The maximum absolute atomic E-state index is 12.5. The van der Waals surface area contributed by atoms with Crippen molar-refractivity contribution < 1.29 is 9.53 Å². The van der Waals surface area contributed by atoms with Crippen molar-refractivity contribution in [3.8, 4) is 17.0 Å². The summed E-state index contributed by atoms with van der Waals surface area (Å²) >= 11 is 5.99. The molecule has 0 saturated carbocycles. The minimum absolute atomic E-state index is 0.293. The number of nitrogens with one attached hydrogen (secondary N) is 1. The van der Waals surface area contributed by atoms with Crippen molar-refractivity contribution in [2.75, 3.05) is 12.4 Å². The molecule has 4 aromatic rings. The van der Waals surface area contributed by atoms with E-state index in [1.165, 1.54) is 7.11 Å². The summed E-state index contributed by atoms with van der Waals surface area (Å²) < 4.78 is 7.09. The lowest BCUT2D eigenvalue weighted by Crippen LogP contribution is -2.13. The van der Waals surface area contributed by atoms with E-state index in [4.69, 9.17) is 16.3 Å². The first kappa shape index (κ1) is 17.1. The van der Waals surface area contributed by atoms with Gasteiger partial charge in [0.1, 0.15) is 5.75 Å². The molecule has 27 heavy (non-hydrogen) atoms. The van der Waals surface area contributed by atoms with Gasteiger partial charge in [0, 0.05) is 34.9 Å². The molecule has 2 heterocycles. The molecule has 0 aliphatic heterocycles. The number of fused-ring (bicyclic) bond motifs is 1. The van der Waals surface area contributed by atoms with E-state index in [-0.39, 0.29) is 5.91 Å². The highest BCUT2D eigenvalue weighted by Gasteiger charge is 2.13. The number of carbonyl (C=O) groups is 1. The number of hydrogen-bond donors (Lipinski definition) is 1. The molecule has 0 aliphatic rings. The molecule has 0 spiro atoms. The molecular weight excluding hydrogens is 364 g/mol.